The van der Waals surface area contributed by atoms with Crippen LogP contribution in [0.5, 0.6) is 0 Å². The molecule has 0 aliphatic carbocycles. The van der Waals surface area contributed by atoms with E-state index in [2.05, 4.69) is 4.57 Å². The van der Waals surface area contributed by atoms with Crippen molar-refractivity contribution in [2.45, 2.75) is 39.4 Å². The summed E-state index contributed by atoms with van der Waals surface area (Å²) in [5.74, 6) is 0.215. The number of Topliss-reactive ketones (excluding diaryl/α,β-unsaturated/α-hetero) is 1. The molecule has 4 aromatic rings. The Kier molecular flexibility index (Phi) is 6.88. The Balaban J connectivity index is 1.71. The highest BCUT2D eigenvalue weighted by molar-refractivity contribution is 7.99. The van der Waals surface area contributed by atoms with Crippen molar-refractivity contribution in [1.82, 2.24) is 14.1 Å². The number of fused-ring (bicyclic) bond motifs is 1. The van der Waals surface area contributed by atoms with Gasteiger partial charge in [-0.1, -0.05) is 30.0 Å². The number of nitrogens with zero attached hydrogens (tertiary/aromatic N) is 3. The summed E-state index contributed by atoms with van der Waals surface area (Å²) >= 11 is 2.82. The normalized spacial score (nSPS) is 11.4. The molecular formula is C25H27N3O3S2. The number of methoxy groups -OCH3 is 1. The summed E-state index contributed by atoms with van der Waals surface area (Å²) in [6, 6.07) is 11.4. The third kappa shape index (κ3) is 4.43. The van der Waals surface area contributed by atoms with Crippen molar-refractivity contribution in [3.63, 3.8) is 0 Å². The minimum absolute atomic E-state index is 0.0178. The Labute approximate surface area is 201 Å². The molecule has 4 rings (SSSR count). The quantitative estimate of drug-likeness (QED) is 0.199. The van der Waals surface area contributed by atoms with Crippen LogP contribution in [-0.4, -0.2) is 39.4 Å². The molecule has 0 radical (unpaired) electrons. The highest BCUT2D eigenvalue weighted by Gasteiger charge is 2.21. The highest BCUT2D eigenvalue weighted by Crippen LogP contribution is 2.30. The smallest absolute Gasteiger partial charge is 0.267 e. The lowest BCUT2D eigenvalue weighted by Gasteiger charge is -2.12. The van der Waals surface area contributed by atoms with E-state index in [1.807, 2.05) is 64.1 Å². The van der Waals surface area contributed by atoms with Gasteiger partial charge in [0.05, 0.1) is 23.4 Å². The van der Waals surface area contributed by atoms with Crippen LogP contribution in [0.3, 0.4) is 0 Å². The Morgan fingerprint density at radius 2 is 1.88 bits per heavy atom. The average Bonchev–Trinajstić information content (AvgIpc) is 3.25. The van der Waals surface area contributed by atoms with Crippen LogP contribution < -0.4 is 5.56 Å². The van der Waals surface area contributed by atoms with Gasteiger partial charge in [0.15, 0.2) is 10.9 Å². The van der Waals surface area contributed by atoms with Gasteiger partial charge in [-0.05, 0) is 51.5 Å². The number of hydrogen-bond donors (Lipinski definition) is 0. The van der Waals surface area contributed by atoms with Crippen LogP contribution in [0.4, 0.5) is 0 Å². The van der Waals surface area contributed by atoms with E-state index in [1.165, 1.54) is 23.1 Å². The molecule has 0 saturated heterocycles. The molecule has 3 aromatic heterocycles. The van der Waals surface area contributed by atoms with Crippen molar-refractivity contribution in [2.24, 2.45) is 0 Å². The molecule has 0 saturated carbocycles. The van der Waals surface area contributed by atoms with E-state index < -0.39 is 0 Å². The number of benzene rings is 1. The number of aryl methyl sites for hydroxylation is 3. The average molecular weight is 482 g/mol. The van der Waals surface area contributed by atoms with E-state index in [9.17, 15) is 9.59 Å². The minimum Gasteiger partial charge on any atom is -0.383 e. The second kappa shape index (κ2) is 9.67. The number of hydrogen-bond acceptors (Lipinski definition) is 6. The van der Waals surface area contributed by atoms with Crippen molar-refractivity contribution in [3.8, 4) is 5.69 Å². The molecule has 0 fully saturated rings. The van der Waals surface area contributed by atoms with Crippen LogP contribution in [0.2, 0.25) is 0 Å². The van der Waals surface area contributed by atoms with Crippen LogP contribution in [0.25, 0.3) is 15.9 Å². The summed E-state index contributed by atoms with van der Waals surface area (Å²) in [5.41, 5.74) is 4.28. The van der Waals surface area contributed by atoms with Crippen molar-refractivity contribution in [3.05, 3.63) is 74.1 Å². The zero-order valence-electron chi connectivity index (χ0n) is 19.5. The van der Waals surface area contributed by atoms with Gasteiger partial charge >= 0.3 is 0 Å². The fourth-order valence-electron chi connectivity index (χ4n) is 3.99. The van der Waals surface area contributed by atoms with Crippen LogP contribution >= 0.6 is 23.1 Å². The molecule has 172 valence electrons. The van der Waals surface area contributed by atoms with Gasteiger partial charge in [-0.25, -0.2) is 4.98 Å². The molecule has 0 N–H and O–H groups in total. The summed E-state index contributed by atoms with van der Waals surface area (Å²) in [4.78, 5) is 33.3. The first-order valence-electron chi connectivity index (χ1n) is 10.7. The van der Waals surface area contributed by atoms with Gasteiger partial charge < -0.3 is 9.30 Å². The van der Waals surface area contributed by atoms with Crippen LogP contribution in [-0.2, 0) is 11.3 Å². The number of aromatic nitrogens is 3. The van der Waals surface area contributed by atoms with Crippen molar-refractivity contribution < 1.29 is 9.53 Å². The van der Waals surface area contributed by atoms with E-state index >= 15 is 0 Å². The molecule has 0 unspecified atom stereocenters. The van der Waals surface area contributed by atoms with Gasteiger partial charge in [0.25, 0.3) is 5.56 Å². The zero-order valence-corrected chi connectivity index (χ0v) is 21.1. The molecule has 33 heavy (non-hydrogen) atoms. The van der Waals surface area contributed by atoms with Crippen LogP contribution in [0, 0.1) is 27.7 Å². The van der Waals surface area contributed by atoms with E-state index in [-0.39, 0.29) is 17.1 Å². The molecule has 0 amide bonds. The number of rotatable bonds is 8. The second-order valence-corrected chi connectivity index (χ2v) is 10.1. The van der Waals surface area contributed by atoms with Gasteiger partial charge in [0.1, 0.15) is 4.83 Å². The number of para-hydroxylation sites is 1. The molecule has 0 aliphatic heterocycles. The monoisotopic (exact) mass is 481 g/mol. The largest absolute Gasteiger partial charge is 0.383 e. The maximum atomic E-state index is 13.5. The summed E-state index contributed by atoms with van der Waals surface area (Å²) in [5, 5.41) is 1.18. The molecule has 0 atom stereocenters. The SMILES string of the molecule is COCCn1c(C)cc(C(=O)CSc2nc3sc(C)c(C)c3c(=O)n2-c2ccccc2)c1C. The van der Waals surface area contributed by atoms with E-state index in [1.54, 1.807) is 11.7 Å². The first-order chi connectivity index (χ1) is 15.8. The first-order valence-corrected chi connectivity index (χ1v) is 12.5. The van der Waals surface area contributed by atoms with Crippen molar-refractivity contribution >= 4 is 39.1 Å². The van der Waals surface area contributed by atoms with Crippen molar-refractivity contribution in [1.29, 1.82) is 0 Å². The summed E-state index contributed by atoms with van der Waals surface area (Å²) in [6.45, 7) is 9.22. The standard InChI is InChI=1S/C25H27N3O3S2/c1-15-13-20(17(3)27(15)11-12-31-5)21(29)14-32-25-26-23-22(16(2)18(4)33-23)24(30)28(25)19-9-7-6-8-10-19/h6-10,13H,11-12,14H2,1-5H3. The van der Waals surface area contributed by atoms with E-state index in [0.717, 1.165) is 32.3 Å². The number of carbonyl (C=O) groups is 1. The lowest BCUT2D eigenvalue weighted by molar-refractivity contribution is 0.102. The van der Waals surface area contributed by atoms with Gasteiger partial charge in [-0.3, -0.25) is 14.2 Å². The van der Waals surface area contributed by atoms with Gasteiger partial charge in [-0.15, -0.1) is 11.3 Å². The molecule has 6 nitrogen and oxygen atoms in total. The number of thioether (sulfide) groups is 1. The first kappa shape index (κ1) is 23.5. The van der Waals surface area contributed by atoms with Gasteiger partial charge in [0, 0.05) is 35.5 Å². The lowest BCUT2D eigenvalue weighted by Crippen LogP contribution is -2.22. The molecule has 0 bridgehead atoms. The maximum Gasteiger partial charge on any atom is 0.267 e. The Morgan fingerprint density at radius 3 is 2.58 bits per heavy atom. The summed E-state index contributed by atoms with van der Waals surface area (Å²) < 4.78 is 8.92. The molecule has 0 spiro atoms. The number of thiophene rings is 1. The predicted octanol–water partition coefficient (Wildman–Crippen LogP) is 5.10. The fourth-order valence-corrected chi connectivity index (χ4v) is 5.96. The topological polar surface area (TPSA) is 66.1 Å². The minimum atomic E-state index is -0.0965. The zero-order chi connectivity index (χ0) is 23.7. The lowest BCUT2D eigenvalue weighted by atomic mass is 10.2. The Bertz CT molecular complexity index is 1380. The fraction of sp³-hybridized carbons (Fsp3) is 0.320. The van der Waals surface area contributed by atoms with Crippen LogP contribution in [0.1, 0.15) is 32.2 Å². The highest BCUT2D eigenvalue weighted by atomic mass is 32.2. The summed E-state index contributed by atoms with van der Waals surface area (Å²) in [6.07, 6.45) is 0. The van der Waals surface area contributed by atoms with E-state index in [4.69, 9.17) is 9.72 Å². The number of carbonyl (C=O) groups excluding carboxylic acids is 1. The maximum absolute atomic E-state index is 13.5. The van der Waals surface area contributed by atoms with Crippen LogP contribution in [0.15, 0.2) is 46.3 Å². The molecule has 1 aromatic carbocycles. The molecule has 8 heteroatoms. The van der Waals surface area contributed by atoms with Gasteiger partial charge in [-0.2, -0.15) is 0 Å². The number of ketones is 1. The number of ether oxygens (including phenoxy) is 1. The predicted molar refractivity (Wildman–Crippen MR) is 136 cm³/mol. The Morgan fingerprint density at radius 1 is 1.15 bits per heavy atom. The Hall–Kier alpha value is -2.68. The molecular weight excluding hydrogens is 454 g/mol. The molecule has 3 heterocycles. The summed E-state index contributed by atoms with van der Waals surface area (Å²) in [7, 11) is 1.67. The third-order valence-corrected chi connectivity index (χ3v) is 7.95. The second-order valence-electron chi connectivity index (χ2n) is 7.97. The van der Waals surface area contributed by atoms with Gasteiger partial charge in [0.2, 0.25) is 0 Å². The third-order valence-electron chi connectivity index (χ3n) is 5.91. The van der Waals surface area contributed by atoms with Crippen molar-refractivity contribution in [2.75, 3.05) is 19.5 Å². The molecule has 0 aliphatic rings. The van der Waals surface area contributed by atoms with E-state index in [0.29, 0.717) is 29.3 Å².